The van der Waals surface area contributed by atoms with E-state index in [4.69, 9.17) is 22.3 Å². The molecule has 2 aliphatic rings. The molecule has 8 rings (SSSR count). The van der Waals surface area contributed by atoms with E-state index in [-0.39, 0.29) is 23.3 Å². The van der Waals surface area contributed by atoms with Crippen LogP contribution in [0.3, 0.4) is 0 Å². The second-order valence-electron chi connectivity index (χ2n) is 16.6. The monoisotopic (exact) mass is 998 g/mol. The average Bonchev–Trinajstić information content (AvgIpc) is 3.36. The van der Waals surface area contributed by atoms with Crippen molar-refractivity contribution >= 4 is 70.6 Å². The molecule has 69 heavy (non-hydrogen) atoms. The van der Waals surface area contributed by atoms with E-state index in [1.165, 1.54) is 0 Å². The number of carbonyl (C=O) groups excluding carboxylic acids is 2. The standard InChI is InChI=1S/C25H31N5O3S.C19H18ClN3O.C6H14N2O2S/c1-3-30(4-2)25(31)20-7-5-19(6-8-20)23-17-24(21-18-26-10-9-22(21)28-23)27-11-12-29-13-15-34(32,33)16-14-29;1-3-23(4-2)19(24)14-7-5-13(6-8-14)18-11-16(20)15-12-21-10-9-17(15)22-18;7-1-2-8-3-5-11(9,10)6-4-8/h5-10,17-18H,3-4,11-16H2,1-2H3,(H,27,28);5-12H,3-4H2,1-2H3;1-7H2. The molecule has 0 unspecified atom stereocenters. The third-order valence-corrected chi connectivity index (χ3v) is 15.7. The van der Waals surface area contributed by atoms with Crippen molar-refractivity contribution in [3.05, 3.63) is 114 Å². The number of benzene rings is 2. The summed E-state index contributed by atoms with van der Waals surface area (Å²) in [6.45, 7) is 16.0. The molecule has 0 aliphatic carbocycles. The van der Waals surface area contributed by atoms with E-state index < -0.39 is 19.7 Å². The molecule has 2 amide bonds. The Morgan fingerprint density at radius 1 is 0.623 bits per heavy atom. The molecule has 0 atom stereocenters. The number of hydrogen-bond donors (Lipinski definition) is 2. The molecule has 19 heteroatoms. The summed E-state index contributed by atoms with van der Waals surface area (Å²) in [5.74, 6) is 1.13. The van der Waals surface area contributed by atoms with Crippen LogP contribution < -0.4 is 11.1 Å². The maximum atomic E-state index is 12.6. The Hall–Kier alpha value is -5.63. The smallest absolute Gasteiger partial charge is 0.253 e. The number of fused-ring (bicyclic) bond motifs is 2. The Balaban J connectivity index is 0.000000193. The highest BCUT2D eigenvalue weighted by Gasteiger charge is 2.22. The number of anilines is 1. The first-order chi connectivity index (χ1) is 33.2. The largest absolute Gasteiger partial charge is 0.383 e. The quantitative estimate of drug-likeness (QED) is 0.128. The van der Waals surface area contributed by atoms with Crippen molar-refractivity contribution in [1.29, 1.82) is 0 Å². The van der Waals surface area contributed by atoms with Crippen molar-refractivity contribution in [3.63, 3.8) is 0 Å². The molecular weight excluding hydrogens is 936 g/mol. The Labute approximate surface area is 411 Å². The molecule has 6 aromatic rings. The number of halogens is 1. The number of aromatic nitrogens is 4. The molecule has 16 nitrogen and oxygen atoms in total. The third-order valence-electron chi connectivity index (χ3n) is 12.2. The summed E-state index contributed by atoms with van der Waals surface area (Å²) in [4.78, 5) is 50.6. The summed E-state index contributed by atoms with van der Waals surface area (Å²) >= 11 is 6.33. The zero-order chi connectivity index (χ0) is 49.6. The highest BCUT2D eigenvalue weighted by Crippen LogP contribution is 2.29. The Bertz CT molecular complexity index is 2870. The molecule has 0 saturated carbocycles. The van der Waals surface area contributed by atoms with Crippen molar-refractivity contribution in [2.45, 2.75) is 27.7 Å². The van der Waals surface area contributed by atoms with Gasteiger partial charge in [-0.2, -0.15) is 0 Å². The maximum Gasteiger partial charge on any atom is 0.253 e. The summed E-state index contributed by atoms with van der Waals surface area (Å²) in [5.41, 5.74) is 12.7. The number of nitrogens with zero attached hydrogens (tertiary/aromatic N) is 8. The van der Waals surface area contributed by atoms with Gasteiger partial charge in [-0.3, -0.25) is 24.5 Å². The van der Waals surface area contributed by atoms with Gasteiger partial charge in [-0.1, -0.05) is 35.9 Å². The van der Waals surface area contributed by atoms with Crippen LogP contribution in [0.4, 0.5) is 5.69 Å². The third kappa shape index (κ3) is 14.5. The summed E-state index contributed by atoms with van der Waals surface area (Å²) < 4.78 is 45.2. The lowest BCUT2D eigenvalue weighted by Gasteiger charge is -2.26. The van der Waals surface area contributed by atoms with Crippen LogP contribution in [0, 0.1) is 0 Å². The van der Waals surface area contributed by atoms with Crippen LogP contribution >= 0.6 is 11.6 Å². The van der Waals surface area contributed by atoms with Gasteiger partial charge in [0.05, 0.1) is 50.5 Å². The van der Waals surface area contributed by atoms with Gasteiger partial charge >= 0.3 is 0 Å². The predicted octanol–water partition coefficient (Wildman–Crippen LogP) is 6.03. The lowest BCUT2D eigenvalue weighted by Crippen LogP contribution is -2.42. The molecule has 2 aliphatic heterocycles. The summed E-state index contributed by atoms with van der Waals surface area (Å²) in [6, 6.07) is 22.6. The number of carbonyl (C=O) groups is 2. The minimum absolute atomic E-state index is 0.0296. The van der Waals surface area contributed by atoms with Gasteiger partial charge in [-0.05, 0) is 76.2 Å². The minimum Gasteiger partial charge on any atom is -0.383 e. The van der Waals surface area contributed by atoms with Gasteiger partial charge in [0.2, 0.25) is 0 Å². The van der Waals surface area contributed by atoms with Crippen molar-refractivity contribution in [1.82, 2.24) is 39.5 Å². The molecule has 0 bridgehead atoms. The van der Waals surface area contributed by atoms with Gasteiger partial charge in [0, 0.05) is 142 Å². The molecule has 3 N–H and O–H groups in total. The number of pyridine rings is 4. The molecule has 4 aromatic heterocycles. The normalized spacial score (nSPS) is 15.6. The maximum absolute atomic E-state index is 12.6. The fraction of sp³-hybridized carbons (Fsp3) is 0.400. The van der Waals surface area contributed by atoms with E-state index in [0.29, 0.717) is 93.1 Å². The SMILES string of the molecule is CCN(CC)C(=O)c1ccc(-c2cc(Cl)c3cnccc3n2)cc1.CCN(CC)C(=O)c1ccc(-c2cc(NCCN3CCS(=O)(=O)CC3)c3cnccc3n2)cc1.NCCN1CCS(=O)(=O)CC1. The molecule has 6 heterocycles. The zero-order valence-corrected chi connectivity index (χ0v) is 42.2. The first kappa shape index (κ1) is 52.7. The van der Waals surface area contributed by atoms with E-state index in [9.17, 15) is 26.4 Å². The van der Waals surface area contributed by atoms with Crippen LogP contribution in [-0.4, -0.2) is 170 Å². The molecule has 368 valence electrons. The predicted molar refractivity (Wildman–Crippen MR) is 277 cm³/mol. The van der Waals surface area contributed by atoms with Crippen LogP contribution in [0.1, 0.15) is 48.4 Å². The topological polar surface area (TPSA) is 205 Å². The number of nitrogens with one attached hydrogen (secondary N) is 1. The molecule has 2 aromatic carbocycles. The molecule has 2 fully saturated rings. The van der Waals surface area contributed by atoms with E-state index in [1.54, 1.807) is 34.6 Å². The second kappa shape index (κ2) is 24.8. The Morgan fingerprint density at radius 3 is 1.49 bits per heavy atom. The summed E-state index contributed by atoms with van der Waals surface area (Å²) in [7, 11) is -5.59. The number of amides is 2. The van der Waals surface area contributed by atoms with Crippen LogP contribution in [0.2, 0.25) is 5.02 Å². The average molecular weight is 1000 g/mol. The first-order valence-electron chi connectivity index (χ1n) is 23.4. The van der Waals surface area contributed by atoms with Crippen molar-refractivity contribution in [2.75, 3.05) is 107 Å². The molecule has 2 saturated heterocycles. The van der Waals surface area contributed by atoms with Gasteiger partial charge in [0.1, 0.15) is 0 Å². The number of nitrogens with two attached hydrogens (primary N) is 1. The number of hydrogen-bond acceptors (Lipinski definition) is 14. The van der Waals surface area contributed by atoms with Gasteiger partial charge in [-0.15, -0.1) is 0 Å². The van der Waals surface area contributed by atoms with Crippen molar-refractivity contribution in [3.8, 4) is 22.5 Å². The van der Waals surface area contributed by atoms with Gasteiger partial charge in [0.25, 0.3) is 11.8 Å². The van der Waals surface area contributed by atoms with E-state index in [2.05, 4.69) is 30.1 Å². The van der Waals surface area contributed by atoms with E-state index in [0.717, 1.165) is 63.1 Å². The lowest BCUT2D eigenvalue weighted by atomic mass is 10.1. The van der Waals surface area contributed by atoms with E-state index >= 15 is 0 Å². The van der Waals surface area contributed by atoms with Crippen molar-refractivity contribution in [2.24, 2.45) is 5.73 Å². The minimum atomic E-state index is -2.88. The van der Waals surface area contributed by atoms with Crippen LogP contribution in [0.15, 0.2) is 97.6 Å². The summed E-state index contributed by atoms with van der Waals surface area (Å²) in [5, 5.41) is 5.87. The van der Waals surface area contributed by atoms with Gasteiger partial charge < -0.3 is 25.8 Å². The Kier molecular flexibility index (Phi) is 18.9. The Morgan fingerprint density at radius 2 is 1.04 bits per heavy atom. The second-order valence-corrected chi connectivity index (χ2v) is 21.7. The zero-order valence-electron chi connectivity index (χ0n) is 39.9. The lowest BCUT2D eigenvalue weighted by molar-refractivity contribution is 0.0765. The fourth-order valence-corrected chi connectivity index (χ4v) is 10.8. The highest BCUT2D eigenvalue weighted by molar-refractivity contribution is 7.91. The number of sulfone groups is 2. The van der Waals surface area contributed by atoms with Crippen molar-refractivity contribution < 1.29 is 26.4 Å². The molecule has 0 spiro atoms. The van der Waals surface area contributed by atoms with Crippen LogP contribution in [-0.2, 0) is 19.7 Å². The summed E-state index contributed by atoms with van der Waals surface area (Å²) in [6.07, 6.45) is 6.93. The van der Waals surface area contributed by atoms with E-state index in [1.807, 2.05) is 100 Å². The van der Waals surface area contributed by atoms with Crippen LogP contribution in [0.25, 0.3) is 44.3 Å². The fourth-order valence-electron chi connectivity index (χ4n) is 7.97. The number of rotatable bonds is 14. The first-order valence-corrected chi connectivity index (χ1v) is 27.4. The highest BCUT2D eigenvalue weighted by atomic mass is 35.5. The molecule has 0 radical (unpaired) electrons. The van der Waals surface area contributed by atoms with Crippen LogP contribution in [0.5, 0.6) is 0 Å². The van der Waals surface area contributed by atoms with Gasteiger partial charge in [0.15, 0.2) is 19.7 Å². The molecular formula is C50H63ClN10O6S2. The van der Waals surface area contributed by atoms with Gasteiger partial charge in [-0.25, -0.2) is 26.8 Å².